The van der Waals surface area contributed by atoms with E-state index in [-0.39, 0.29) is 11.9 Å². The average Bonchev–Trinajstić information content (AvgIpc) is 3.20. The Morgan fingerprint density at radius 2 is 2.00 bits per heavy atom. The van der Waals surface area contributed by atoms with Crippen molar-refractivity contribution in [1.29, 1.82) is 0 Å². The van der Waals surface area contributed by atoms with Crippen LogP contribution in [-0.4, -0.2) is 34.9 Å². The van der Waals surface area contributed by atoms with Crippen LogP contribution in [0.15, 0.2) is 48.5 Å². The highest BCUT2D eigenvalue weighted by atomic mass is 16.1. The van der Waals surface area contributed by atoms with Crippen LogP contribution in [0.1, 0.15) is 33.6 Å². The van der Waals surface area contributed by atoms with E-state index in [0.717, 1.165) is 48.2 Å². The molecule has 1 fully saturated rings. The van der Waals surface area contributed by atoms with Gasteiger partial charge in [0.05, 0.1) is 0 Å². The second kappa shape index (κ2) is 6.96. The molecule has 0 radical (unpaired) electrons. The molecule has 1 aliphatic heterocycles. The van der Waals surface area contributed by atoms with Gasteiger partial charge < -0.3 is 10.3 Å². The van der Waals surface area contributed by atoms with Crippen molar-refractivity contribution in [2.75, 3.05) is 13.1 Å². The minimum atomic E-state index is 0.0247. The van der Waals surface area contributed by atoms with Crippen LogP contribution >= 0.6 is 0 Å². The summed E-state index contributed by atoms with van der Waals surface area (Å²) < 4.78 is 0. The number of hydrogen-bond donors (Lipinski definition) is 2. The van der Waals surface area contributed by atoms with Crippen molar-refractivity contribution in [2.45, 2.75) is 32.9 Å². The Morgan fingerprint density at radius 1 is 1.19 bits per heavy atom. The number of likely N-dealkylation sites (tertiary alicyclic amines) is 1. The van der Waals surface area contributed by atoms with Crippen LogP contribution in [0.4, 0.5) is 0 Å². The Labute approximate surface area is 154 Å². The van der Waals surface area contributed by atoms with E-state index in [9.17, 15) is 4.79 Å². The lowest BCUT2D eigenvalue weighted by atomic mass is 10.1. The highest BCUT2D eigenvalue weighted by molar-refractivity contribution is 5.99. The highest BCUT2D eigenvalue weighted by Crippen LogP contribution is 2.22. The van der Waals surface area contributed by atoms with E-state index in [4.69, 9.17) is 0 Å². The van der Waals surface area contributed by atoms with Crippen molar-refractivity contribution >= 4 is 16.8 Å². The molecule has 1 atom stereocenters. The van der Waals surface area contributed by atoms with Gasteiger partial charge in [-0.2, -0.15) is 0 Å². The first-order valence-corrected chi connectivity index (χ1v) is 9.26. The molecule has 4 heteroatoms. The first-order valence-electron chi connectivity index (χ1n) is 9.26. The van der Waals surface area contributed by atoms with Gasteiger partial charge in [-0.1, -0.05) is 30.3 Å². The third-order valence-electron chi connectivity index (χ3n) is 5.43. The van der Waals surface area contributed by atoms with Crippen molar-refractivity contribution in [2.24, 2.45) is 0 Å². The Kier molecular flexibility index (Phi) is 4.51. The second-order valence-corrected chi connectivity index (χ2v) is 7.32. The summed E-state index contributed by atoms with van der Waals surface area (Å²) in [5.74, 6) is 0.0247. The summed E-state index contributed by atoms with van der Waals surface area (Å²) in [7, 11) is 0. The number of aryl methyl sites for hydroxylation is 2. The zero-order valence-electron chi connectivity index (χ0n) is 15.4. The number of aromatic nitrogens is 1. The first-order chi connectivity index (χ1) is 12.6. The maximum Gasteiger partial charge on any atom is 0.251 e. The van der Waals surface area contributed by atoms with Gasteiger partial charge in [-0.3, -0.25) is 9.69 Å². The summed E-state index contributed by atoms with van der Waals surface area (Å²) in [6.07, 6.45) is 1.00. The Bertz CT molecular complexity index is 929. The summed E-state index contributed by atoms with van der Waals surface area (Å²) >= 11 is 0. The number of carbonyl (C=O) groups is 1. The fraction of sp³-hybridized carbons (Fsp3) is 0.318. The van der Waals surface area contributed by atoms with E-state index in [2.05, 4.69) is 53.3 Å². The standard InChI is InChI=1S/C22H25N3O/c1-15-16(2)23-21-9-8-18(12-20(15)21)22(26)24-19-10-11-25(14-19)13-17-6-4-3-5-7-17/h3-9,12,19,23H,10-11,13-14H2,1-2H3,(H,24,26). The fourth-order valence-electron chi connectivity index (χ4n) is 3.81. The lowest BCUT2D eigenvalue weighted by Gasteiger charge is -2.17. The minimum Gasteiger partial charge on any atom is -0.358 e. The molecule has 2 aromatic carbocycles. The van der Waals surface area contributed by atoms with Crippen LogP contribution < -0.4 is 5.32 Å². The van der Waals surface area contributed by atoms with Crippen LogP contribution in [0.5, 0.6) is 0 Å². The summed E-state index contributed by atoms with van der Waals surface area (Å²) in [4.78, 5) is 18.5. The van der Waals surface area contributed by atoms with Gasteiger partial charge in [0.1, 0.15) is 0 Å². The molecule has 26 heavy (non-hydrogen) atoms. The number of amides is 1. The second-order valence-electron chi connectivity index (χ2n) is 7.32. The zero-order valence-corrected chi connectivity index (χ0v) is 15.4. The smallest absolute Gasteiger partial charge is 0.251 e. The molecule has 4 nitrogen and oxygen atoms in total. The van der Waals surface area contributed by atoms with Gasteiger partial charge in [0.15, 0.2) is 0 Å². The quantitative estimate of drug-likeness (QED) is 0.754. The third-order valence-corrected chi connectivity index (χ3v) is 5.43. The van der Waals surface area contributed by atoms with E-state index >= 15 is 0 Å². The van der Waals surface area contributed by atoms with Gasteiger partial charge in [-0.15, -0.1) is 0 Å². The number of carbonyl (C=O) groups excluding carboxylic acids is 1. The number of H-pyrrole nitrogens is 1. The molecule has 0 spiro atoms. The molecule has 134 valence electrons. The van der Waals surface area contributed by atoms with Crippen molar-refractivity contribution < 1.29 is 4.79 Å². The SMILES string of the molecule is Cc1[nH]c2ccc(C(=O)NC3CCN(Cc4ccccc4)C3)cc2c1C. The maximum atomic E-state index is 12.7. The molecule has 0 saturated carbocycles. The summed E-state index contributed by atoms with van der Waals surface area (Å²) in [6.45, 7) is 7.03. The predicted molar refractivity (Wildman–Crippen MR) is 105 cm³/mol. The number of hydrogen-bond acceptors (Lipinski definition) is 2. The molecule has 1 amide bonds. The molecule has 4 rings (SSSR count). The molecule has 2 N–H and O–H groups in total. The molecule has 1 saturated heterocycles. The lowest BCUT2D eigenvalue weighted by Crippen LogP contribution is -2.36. The monoisotopic (exact) mass is 347 g/mol. The van der Waals surface area contributed by atoms with Crippen molar-refractivity contribution in [3.05, 3.63) is 70.9 Å². The molecular formula is C22H25N3O. The molecule has 3 aromatic rings. The van der Waals surface area contributed by atoms with Gasteiger partial charge >= 0.3 is 0 Å². The van der Waals surface area contributed by atoms with Crippen LogP contribution in [0, 0.1) is 13.8 Å². The van der Waals surface area contributed by atoms with Gasteiger partial charge in [-0.05, 0) is 49.6 Å². The number of nitrogens with one attached hydrogen (secondary N) is 2. The highest BCUT2D eigenvalue weighted by Gasteiger charge is 2.24. The molecule has 2 heterocycles. The zero-order chi connectivity index (χ0) is 18.1. The topological polar surface area (TPSA) is 48.1 Å². The maximum absolute atomic E-state index is 12.7. The van der Waals surface area contributed by atoms with Crippen molar-refractivity contribution in [3.8, 4) is 0 Å². The van der Waals surface area contributed by atoms with Gasteiger partial charge in [0.2, 0.25) is 0 Å². The van der Waals surface area contributed by atoms with E-state index in [0.29, 0.717) is 0 Å². The van der Waals surface area contributed by atoms with E-state index in [1.165, 1.54) is 11.1 Å². The number of rotatable bonds is 4. The molecule has 1 unspecified atom stereocenters. The average molecular weight is 347 g/mol. The molecule has 1 aromatic heterocycles. The third kappa shape index (κ3) is 3.37. The molecule has 0 bridgehead atoms. The minimum absolute atomic E-state index is 0.0247. The predicted octanol–water partition coefficient (Wildman–Crippen LogP) is 3.79. The van der Waals surface area contributed by atoms with Crippen LogP contribution in [0.3, 0.4) is 0 Å². The summed E-state index contributed by atoms with van der Waals surface area (Å²) in [6, 6.07) is 16.6. The van der Waals surface area contributed by atoms with E-state index in [1.807, 2.05) is 24.3 Å². The normalized spacial score (nSPS) is 17.7. The Morgan fingerprint density at radius 3 is 2.81 bits per heavy atom. The van der Waals surface area contributed by atoms with Crippen LogP contribution in [0.2, 0.25) is 0 Å². The van der Waals surface area contributed by atoms with Crippen LogP contribution in [0.25, 0.3) is 10.9 Å². The van der Waals surface area contributed by atoms with Gasteiger partial charge in [0.25, 0.3) is 5.91 Å². The van der Waals surface area contributed by atoms with Gasteiger partial charge in [-0.25, -0.2) is 0 Å². The Balaban J connectivity index is 1.40. The first kappa shape index (κ1) is 16.9. The number of aromatic amines is 1. The van der Waals surface area contributed by atoms with E-state index < -0.39 is 0 Å². The summed E-state index contributed by atoms with van der Waals surface area (Å²) in [5.41, 5.74) is 5.52. The van der Waals surface area contributed by atoms with Crippen LogP contribution in [-0.2, 0) is 6.54 Å². The van der Waals surface area contributed by atoms with E-state index in [1.54, 1.807) is 0 Å². The Hall–Kier alpha value is -2.59. The molecular weight excluding hydrogens is 322 g/mol. The van der Waals surface area contributed by atoms with Crippen molar-refractivity contribution in [1.82, 2.24) is 15.2 Å². The lowest BCUT2D eigenvalue weighted by molar-refractivity contribution is 0.0938. The van der Waals surface area contributed by atoms with Gasteiger partial charge in [0, 0.05) is 47.8 Å². The number of fused-ring (bicyclic) bond motifs is 1. The molecule has 0 aliphatic carbocycles. The van der Waals surface area contributed by atoms with Crippen molar-refractivity contribution in [3.63, 3.8) is 0 Å². The summed E-state index contributed by atoms with van der Waals surface area (Å²) in [5, 5.41) is 4.34. The number of benzene rings is 2. The largest absolute Gasteiger partial charge is 0.358 e. The fourth-order valence-corrected chi connectivity index (χ4v) is 3.81. The number of nitrogens with zero attached hydrogens (tertiary/aromatic N) is 1. The molecule has 1 aliphatic rings.